The third-order valence-corrected chi connectivity index (χ3v) is 5.24. The third-order valence-electron chi connectivity index (χ3n) is 4.28. The third kappa shape index (κ3) is 4.42. The van der Waals surface area contributed by atoms with Gasteiger partial charge in [0.25, 0.3) is 5.56 Å². The van der Waals surface area contributed by atoms with E-state index in [1.807, 2.05) is 13.8 Å². The molecule has 9 nitrogen and oxygen atoms in total. The maximum Gasteiger partial charge on any atom is 0.416 e. The molecule has 2 aromatic rings. The molecule has 0 saturated carbocycles. The average molecular weight is 419 g/mol. The molecule has 0 aliphatic carbocycles. The van der Waals surface area contributed by atoms with Gasteiger partial charge in [-0.3, -0.25) is 14.2 Å². The van der Waals surface area contributed by atoms with Crippen LogP contribution in [0.2, 0.25) is 0 Å². The highest BCUT2D eigenvalue weighted by Crippen LogP contribution is 2.21. The number of nitrogens with zero attached hydrogens (tertiary/aromatic N) is 3. The van der Waals surface area contributed by atoms with Crippen molar-refractivity contribution in [2.24, 2.45) is 5.92 Å². The molecule has 3 rings (SSSR count). The van der Waals surface area contributed by atoms with Crippen LogP contribution in [0.4, 0.5) is 4.79 Å². The van der Waals surface area contributed by atoms with Crippen LogP contribution in [-0.2, 0) is 20.8 Å². The Balaban J connectivity index is 1.97. The van der Waals surface area contributed by atoms with E-state index in [-0.39, 0.29) is 35.9 Å². The number of fused-ring (bicyclic) bond motifs is 1. The summed E-state index contributed by atoms with van der Waals surface area (Å²) < 4.78 is 11.0. The van der Waals surface area contributed by atoms with Crippen molar-refractivity contribution >= 4 is 40.6 Å². The van der Waals surface area contributed by atoms with Gasteiger partial charge in [0.1, 0.15) is 6.61 Å². The summed E-state index contributed by atoms with van der Waals surface area (Å²) in [6.45, 7) is 4.75. The van der Waals surface area contributed by atoms with Gasteiger partial charge in [-0.15, -0.1) is 0 Å². The van der Waals surface area contributed by atoms with E-state index in [9.17, 15) is 19.2 Å². The predicted octanol–water partition coefficient (Wildman–Crippen LogP) is 1.91. The van der Waals surface area contributed by atoms with Gasteiger partial charge in [-0.2, -0.15) is 0 Å². The van der Waals surface area contributed by atoms with Gasteiger partial charge < -0.3 is 9.47 Å². The van der Waals surface area contributed by atoms with Crippen molar-refractivity contribution in [1.82, 2.24) is 14.5 Å². The van der Waals surface area contributed by atoms with Gasteiger partial charge in [-0.05, 0) is 24.1 Å². The smallest absolute Gasteiger partial charge is 0.416 e. The van der Waals surface area contributed by atoms with Crippen molar-refractivity contribution in [3.63, 3.8) is 0 Å². The summed E-state index contributed by atoms with van der Waals surface area (Å²) in [7, 11) is 1.27. The number of carbonyl (C=O) groups is 3. The molecule has 0 N–H and O–H groups in total. The maximum absolute atomic E-state index is 13.0. The fraction of sp³-hybridized carbons (Fsp3) is 0.421. The molecule has 1 aromatic heterocycles. The summed E-state index contributed by atoms with van der Waals surface area (Å²) in [5.41, 5.74) is 0.365. The summed E-state index contributed by atoms with van der Waals surface area (Å²) >= 11 is 1.07. The number of aromatic nitrogens is 2. The molecule has 1 aromatic carbocycles. The van der Waals surface area contributed by atoms with Crippen molar-refractivity contribution in [1.29, 1.82) is 0 Å². The summed E-state index contributed by atoms with van der Waals surface area (Å²) in [5.74, 6) is -0.838. The molecule has 1 fully saturated rings. The highest BCUT2D eigenvalue weighted by Gasteiger charge is 2.28. The molecule has 1 saturated heterocycles. The Bertz CT molecular complexity index is 1030. The monoisotopic (exact) mass is 419 g/mol. The number of imide groups is 1. The molecular weight excluding hydrogens is 398 g/mol. The lowest BCUT2D eigenvalue weighted by atomic mass is 10.1. The summed E-state index contributed by atoms with van der Waals surface area (Å²) in [6.07, 6.45) is -0.663. The number of esters is 1. The number of hydrogen-bond acceptors (Lipinski definition) is 8. The van der Waals surface area contributed by atoms with Crippen molar-refractivity contribution in [3.8, 4) is 0 Å². The second-order valence-corrected chi connectivity index (χ2v) is 7.82. The Kier molecular flexibility index (Phi) is 6.21. The topological polar surface area (TPSA) is 108 Å². The number of benzene rings is 1. The van der Waals surface area contributed by atoms with E-state index in [4.69, 9.17) is 9.47 Å². The standard InChI is InChI=1S/C19H21N3O6S/c1-11(2)9-22-16(24)13-5-4-12(17(25)27-3)8-14(13)20-18(22)29-10-15(23)21-6-7-28-19(21)26/h4-5,8,11H,6-7,9-10H2,1-3H3. The number of methoxy groups -OCH3 is 1. The molecule has 1 aliphatic rings. The average Bonchev–Trinajstić information content (AvgIpc) is 3.13. The van der Waals surface area contributed by atoms with Crippen LogP contribution in [0, 0.1) is 5.92 Å². The second-order valence-electron chi connectivity index (χ2n) is 6.88. The Hall–Kier alpha value is -2.88. The second kappa shape index (κ2) is 8.64. The molecule has 0 spiro atoms. The van der Waals surface area contributed by atoms with Crippen molar-refractivity contribution in [3.05, 3.63) is 34.1 Å². The highest BCUT2D eigenvalue weighted by atomic mass is 32.2. The van der Waals surface area contributed by atoms with E-state index in [0.717, 1.165) is 16.7 Å². The number of amides is 2. The lowest BCUT2D eigenvalue weighted by Gasteiger charge is -2.16. The van der Waals surface area contributed by atoms with Gasteiger partial charge >= 0.3 is 12.1 Å². The van der Waals surface area contributed by atoms with Gasteiger partial charge in [0.2, 0.25) is 5.91 Å². The molecular formula is C19H21N3O6S. The molecule has 0 atom stereocenters. The molecule has 10 heteroatoms. The number of hydrogen-bond donors (Lipinski definition) is 0. The zero-order valence-corrected chi connectivity index (χ0v) is 17.2. The van der Waals surface area contributed by atoms with Gasteiger partial charge in [-0.25, -0.2) is 19.5 Å². The van der Waals surface area contributed by atoms with Gasteiger partial charge in [-0.1, -0.05) is 25.6 Å². The van der Waals surface area contributed by atoms with Crippen LogP contribution in [0.1, 0.15) is 24.2 Å². The first-order chi connectivity index (χ1) is 13.8. The van der Waals surface area contributed by atoms with Crippen LogP contribution in [0.5, 0.6) is 0 Å². The summed E-state index contributed by atoms with van der Waals surface area (Å²) in [5, 5.41) is 0.719. The number of rotatable bonds is 6. The minimum Gasteiger partial charge on any atom is -0.465 e. The Labute approximate surface area is 171 Å². The highest BCUT2D eigenvalue weighted by molar-refractivity contribution is 7.99. The molecule has 154 valence electrons. The van der Waals surface area contributed by atoms with Crippen LogP contribution in [0.15, 0.2) is 28.2 Å². The summed E-state index contributed by atoms with van der Waals surface area (Å²) in [4.78, 5) is 54.2. The van der Waals surface area contributed by atoms with E-state index in [1.165, 1.54) is 23.8 Å². The fourth-order valence-corrected chi connectivity index (χ4v) is 3.79. The molecule has 1 aliphatic heterocycles. The Morgan fingerprint density at radius 1 is 1.31 bits per heavy atom. The number of carbonyl (C=O) groups excluding carboxylic acids is 3. The van der Waals surface area contributed by atoms with Gasteiger partial charge in [0, 0.05) is 6.54 Å². The van der Waals surface area contributed by atoms with Crippen LogP contribution in [0.3, 0.4) is 0 Å². The normalized spacial score (nSPS) is 13.8. The minimum absolute atomic E-state index is 0.0676. The number of cyclic esters (lactones) is 1. The minimum atomic E-state index is -0.663. The van der Waals surface area contributed by atoms with E-state index in [2.05, 4.69) is 4.98 Å². The number of thioether (sulfide) groups is 1. The van der Waals surface area contributed by atoms with Crippen LogP contribution >= 0.6 is 11.8 Å². The lowest BCUT2D eigenvalue weighted by molar-refractivity contribution is -0.125. The molecule has 2 heterocycles. The zero-order valence-electron chi connectivity index (χ0n) is 16.3. The van der Waals surface area contributed by atoms with Crippen LogP contribution in [0.25, 0.3) is 10.9 Å². The number of ether oxygens (including phenoxy) is 2. The van der Waals surface area contributed by atoms with Crippen molar-refractivity contribution < 1.29 is 23.9 Å². The van der Waals surface area contributed by atoms with E-state index in [0.29, 0.717) is 22.6 Å². The Morgan fingerprint density at radius 2 is 2.07 bits per heavy atom. The SMILES string of the molecule is COC(=O)c1ccc2c(=O)n(CC(C)C)c(SCC(=O)N3CCOC3=O)nc2c1. The molecule has 0 bridgehead atoms. The molecule has 2 amide bonds. The van der Waals surface area contributed by atoms with E-state index in [1.54, 1.807) is 6.07 Å². The largest absolute Gasteiger partial charge is 0.465 e. The first-order valence-electron chi connectivity index (χ1n) is 9.04. The fourth-order valence-electron chi connectivity index (χ4n) is 2.91. The lowest BCUT2D eigenvalue weighted by Crippen LogP contribution is -2.33. The predicted molar refractivity (Wildman–Crippen MR) is 106 cm³/mol. The quantitative estimate of drug-likeness (QED) is 0.397. The first kappa shape index (κ1) is 20.8. The van der Waals surface area contributed by atoms with Crippen LogP contribution in [-0.4, -0.2) is 58.4 Å². The first-order valence-corrected chi connectivity index (χ1v) is 10.0. The maximum atomic E-state index is 13.0. The molecule has 0 unspecified atom stereocenters. The van der Waals surface area contributed by atoms with Crippen LogP contribution < -0.4 is 5.56 Å². The zero-order chi connectivity index (χ0) is 21.1. The Morgan fingerprint density at radius 3 is 2.69 bits per heavy atom. The molecule has 0 radical (unpaired) electrons. The van der Waals surface area contributed by atoms with Crippen molar-refractivity contribution in [2.45, 2.75) is 25.5 Å². The van der Waals surface area contributed by atoms with Crippen molar-refractivity contribution in [2.75, 3.05) is 26.0 Å². The summed E-state index contributed by atoms with van der Waals surface area (Å²) in [6, 6.07) is 4.56. The van der Waals surface area contributed by atoms with E-state index >= 15 is 0 Å². The van der Waals surface area contributed by atoms with Gasteiger partial charge in [0.05, 0.1) is 35.9 Å². The molecule has 29 heavy (non-hydrogen) atoms. The van der Waals surface area contributed by atoms with E-state index < -0.39 is 18.0 Å². The van der Waals surface area contributed by atoms with Gasteiger partial charge in [0.15, 0.2) is 5.16 Å².